The molecule has 0 spiro atoms. The fourth-order valence-electron chi connectivity index (χ4n) is 2.69. The molecule has 0 saturated heterocycles. The minimum atomic E-state index is -0.161. The number of benzene rings is 1. The van der Waals surface area contributed by atoms with E-state index in [2.05, 4.69) is 20.4 Å². The molecule has 3 aromatic heterocycles. The summed E-state index contributed by atoms with van der Waals surface area (Å²) in [5.74, 6) is 0.380. The molecule has 1 amide bonds. The van der Waals surface area contributed by atoms with Crippen molar-refractivity contribution in [2.24, 2.45) is 0 Å². The fourth-order valence-corrected chi connectivity index (χ4v) is 2.69. The van der Waals surface area contributed by atoms with E-state index in [0.29, 0.717) is 41.4 Å². The van der Waals surface area contributed by atoms with Crippen molar-refractivity contribution in [2.45, 2.75) is 13.3 Å². The first kappa shape index (κ1) is 16.0. The number of carbonyl (C=O) groups excluding carboxylic acids is 1. The molecule has 0 aliphatic carbocycles. The quantitative estimate of drug-likeness (QED) is 0.595. The average Bonchev–Trinajstić information content (AvgIpc) is 3.27. The van der Waals surface area contributed by atoms with Crippen molar-refractivity contribution in [1.82, 2.24) is 20.4 Å². The van der Waals surface area contributed by atoms with Crippen LogP contribution in [0.15, 0.2) is 57.8 Å². The number of nitrogens with one attached hydrogen (secondary N) is 1. The summed E-state index contributed by atoms with van der Waals surface area (Å²) in [5, 5.41) is 7.67. The van der Waals surface area contributed by atoms with E-state index in [4.69, 9.17) is 8.94 Å². The number of pyridine rings is 1. The second kappa shape index (κ2) is 6.79. The summed E-state index contributed by atoms with van der Waals surface area (Å²) in [6.45, 7) is 2.26. The summed E-state index contributed by atoms with van der Waals surface area (Å²) in [4.78, 5) is 20.9. The monoisotopic (exact) mass is 348 g/mol. The van der Waals surface area contributed by atoms with Crippen LogP contribution in [0.5, 0.6) is 0 Å². The summed E-state index contributed by atoms with van der Waals surface area (Å²) >= 11 is 0. The molecule has 7 nitrogen and oxygen atoms in total. The van der Waals surface area contributed by atoms with Crippen LogP contribution in [0.4, 0.5) is 0 Å². The largest absolute Gasteiger partial charge is 0.449 e. The van der Waals surface area contributed by atoms with Gasteiger partial charge in [-0.05, 0) is 30.3 Å². The van der Waals surface area contributed by atoms with Crippen LogP contribution >= 0.6 is 0 Å². The van der Waals surface area contributed by atoms with Crippen molar-refractivity contribution in [1.29, 1.82) is 0 Å². The Labute approximate surface area is 149 Å². The van der Waals surface area contributed by atoms with Gasteiger partial charge in [-0.25, -0.2) is 4.98 Å². The maximum atomic E-state index is 12.4. The molecule has 0 atom stereocenters. The number of nitrogens with zero attached hydrogens (tertiary/aromatic N) is 3. The second-order valence-electron chi connectivity index (χ2n) is 5.82. The van der Waals surface area contributed by atoms with Crippen molar-refractivity contribution < 1.29 is 13.7 Å². The number of carbonyl (C=O) groups is 1. The first-order valence-corrected chi connectivity index (χ1v) is 8.21. The minimum absolute atomic E-state index is 0.161. The normalized spacial score (nSPS) is 11.0. The molecule has 3 heterocycles. The Morgan fingerprint density at radius 2 is 2.15 bits per heavy atom. The van der Waals surface area contributed by atoms with Gasteiger partial charge in [-0.3, -0.25) is 9.78 Å². The Hall–Kier alpha value is -3.48. The third kappa shape index (κ3) is 3.19. The van der Waals surface area contributed by atoms with Crippen molar-refractivity contribution in [3.63, 3.8) is 0 Å². The number of oxazole rings is 1. The molecule has 0 bridgehead atoms. The number of aromatic nitrogens is 3. The van der Waals surface area contributed by atoms with Crippen molar-refractivity contribution in [3.8, 4) is 11.4 Å². The lowest BCUT2D eigenvalue weighted by Crippen LogP contribution is -2.25. The summed E-state index contributed by atoms with van der Waals surface area (Å²) in [7, 11) is 0. The Morgan fingerprint density at radius 1 is 1.23 bits per heavy atom. The van der Waals surface area contributed by atoms with Gasteiger partial charge in [0, 0.05) is 37.3 Å². The van der Waals surface area contributed by atoms with Crippen molar-refractivity contribution in [2.75, 3.05) is 6.54 Å². The van der Waals surface area contributed by atoms with E-state index in [1.807, 2.05) is 18.2 Å². The molecule has 0 fully saturated rings. The van der Waals surface area contributed by atoms with E-state index in [-0.39, 0.29) is 5.91 Å². The van der Waals surface area contributed by atoms with Gasteiger partial charge in [-0.15, -0.1) is 0 Å². The van der Waals surface area contributed by atoms with Crippen LogP contribution in [0.25, 0.3) is 22.4 Å². The number of aryl methyl sites for hydroxylation is 1. The number of hydrogen-bond donors (Lipinski definition) is 1. The van der Waals surface area contributed by atoms with Gasteiger partial charge in [-0.1, -0.05) is 11.2 Å². The highest BCUT2D eigenvalue weighted by Gasteiger charge is 2.16. The van der Waals surface area contributed by atoms with Gasteiger partial charge in [0.25, 0.3) is 5.91 Å². The smallest absolute Gasteiger partial charge is 0.251 e. The topological polar surface area (TPSA) is 94.0 Å². The van der Waals surface area contributed by atoms with Gasteiger partial charge in [0.1, 0.15) is 17.7 Å². The van der Waals surface area contributed by atoms with E-state index < -0.39 is 0 Å². The lowest BCUT2D eigenvalue weighted by molar-refractivity contribution is 0.0954. The molecule has 0 unspecified atom stereocenters. The van der Waals surface area contributed by atoms with Gasteiger partial charge in [0.05, 0.1) is 5.39 Å². The maximum Gasteiger partial charge on any atom is 0.251 e. The third-order valence-electron chi connectivity index (χ3n) is 3.99. The SMILES string of the molecule is Cc1nc(-c2noc3ccc(C(=O)NCCc4ccccn4)cc23)co1. The molecule has 4 aromatic rings. The molecule has 0 saturated carbocycles. The molecule has 0 radical (unpaired) electrons. The van der Waals surface area contributed by atoms with E-state index >= 15 is 0 Å². The molecule has 26 heavy (non-hydrogen) atoms. The van der Waals surface area contributed by atoms with Gasteiger partial charge < -0.3 is 14.3 Å². The molecule has 1 N–H and O–H groups in total. The highest BCUT2D eigenvalue weighted by Crippen LogP contribution is 2.28. The van der Waals surface area contributed by atoms with Crippen molar-refractivity contribution in [3.05, 3.63) is 66.0 Å². The standard InChI is InChI=1S/C19H16N4O3/c1-12-22-16(11-25-12)18-15-10-13(5-6-17(15)26-23-18)19(24)21-9-7-14-4-2-3-8-20-14/h2-6,8,10-11H,7,9H2,1H3,(H,21,24). The summed E-state index contributed by atoms with van der Waals surface area (Å²) in [6.07, 6.45) is 3.93. The highest BCUT2D eigenvalue weighted by molar-refractivity contribution is 6.00. The second-order valence-corrected chi connectivity index (χ2v) is 5.82. The molecule has 4 rings (SSSR count). The molecular formula is C19H16N4O3. The first-order chi connectivity index (χ1) is 12.7. The fraction of sp³-hybridized carbons (Fsp3) is 0.158. The lowest BCUT2D eigenvalue weighted by atomic mass is 10.1. The zero-order valence-corrected chi connectivity index (χ0v) is 14.1. The number of rotatable bonds is 5. The Balaban J connectivity index is 1.52. The van der Waals surface area contributed by atoms with Crippen LogP contribution < -0.4 is 5.32 Å². The van der Waals surface area contributed by atoms with E-state index in [1.54, 1.807) is 31.3 Å². The Kier molecular flexibility index (Phi) is 4.18. The number of amides is 1. The van der Waals surface area contributed by atoms with Crippen LogP contribution in [0, 0.1) is 6.92 Å². The van der Waals surface area contributed by atoms with Gasteiger partial charge in [0.15, 0.2) is 11.5 Å². The van der Waals surface area contributed by atoms with Crippen molar-refractivity contribution >= 4 is 16.9 Å². The number of fused-ring (bicyclic) bond motifs is 1. The van der Waals surface area contributed by atoms with Crippen LogP contribution in [0.2, 0.25) is 0 Å². The van der Waals surface area contributed by atoms with Crippen LogP contribution in [0.1, 0.15) is 21.9 Å². The molecular weight excluding hydrogens is 332 g/mol. The molecule has 7 heteroatoms. The van der Waals surface area contributed by atoms with Gasteiger partial charge >= 0.3 is 0 Å². The zero-order valence-electron chi connectivity index (χ0n) is 14.1. The molecule has 1 aromatic carbocycles. The summed E-state index contributed by atoms with van der Waals surface area (Å²) in [5.41, 5.74) is 3.19. The Morgan fingerprint density at radius 3 is 2.92 bits per heavy atom. The molecule has 0 aliphatic rings. The first-order valence-electron chi connectivity index (χ1n) is 8.21. The predicted octanol–water partition coefficient (Wildman–Crippen LogP) is 3.16. The van der Waals surface area contributed by atoms with E-state index in [1.165, 1.54) is 6.26 Å². The van der Waals surface area contributed by atoms with Crippen LogP contribution in [0.3, 0.4) is 0 Å². The number of hydrogen-bond acceptors (Lipinski definition) is 6. The third-order valence-corrected chi connectivity index (χ3v) is 3.99. The van der Waals surface area contributed by atoms with E-state index in [0.717, 1.165) is 11.1 Å². The van der Waals surface area contributed by atoms with Gasteiger partial charge in [-0.2, -0.15) is 0 Å². The van der Waals surface area contributed by atoms with Crippen LogP contribution in [-0.2, 0) is 6.42 Å². The maximum absolute atomic E-state index is 12.4. The van der Waals surface area contributed by atoms with Crippen LogP contribution in [-0.4, -0.2) is 27.6 Å². The zero-order chi connectivity index (χ0) is 17.9. The predicted molar refractivity (Wildman–Crippen MR) is 94.5 cm³/mol. The van der Waals surface area contributed by atoms with E-state index in [9.17, 15) is 4.79 Å². The summed E-state index contributed by atoms with van der Waals surface area (Å²) in [6, 6.07) is 10.9. The summed E-state index contributed by atoms with van der Waals surface area (Å²) < 4.78 is 10.5. The Bertz CT molecular complexity index is 1050. The lowest BCUT2D eigenvalue weighted by Gasteiger charge is -2.05. The average molecular weight is 348 g/mol. The molecule has 0 aliphatic heterocycles. The molecule has 130 valence electrons. The highest BCUT2D eigenvalue weighted by atomic mass is 16.5. The van der Waals surface area contributed by atoms with Gasteiger partial charge in [0.2, 0.25) is 0 Å². The minimum Gasteiger partial charge on any atom is -0.449 e.